The summed E-state index contributed by atoms with van der Waals surface area (Å²) < 4.78 is 38.6. The molecule has 0 bridgehead atoms. The van der Waals surface area contributed by atoms with Crippen LogP contribution in [0.25, 0.3) is 0 Å². The van der Waals surface area contributed by atoms with Crippen molar-refractivity contribution in [3.05, 3.63) is 83.4 Å². The van der Waals surface area contributed by atoms with E-state index in [4.69, 9.17) is 21.1 Å². The van der Waals surface area contributed by atoms with Gasteiger partial charge in [-0.15, -0.1) is 0 Å². The van der Waals surface area contributed by atoms with Gasteiger partial charge in [0.2, 0.25) is 10.0 Å². The fourth-order valence-electron chi connectivity index (χ4n) is 2.89. The molecule has 168 valence electrons. The molecule has 0 fully saturated rings. The average Bonchev–Trinajstić information content (AvgIpc) is 2.79. The highest BCUT2D eigenvalue weighted by molar-refractivity contribution is 7.89. The van der Waals surface area contributed by atoms with Crippen molar-refractivity contribution in [3.63, 3.8) is 0 Å². The zero-order chi connectivity index (χ0) is 23.1. The van der Waals surface area contributed by atoms with Crippen LogP contribution in [0, 0.1) is 0 Å². The van der Waals surface area contributed by atoms with E-state index >= 15 is 0 Å². The van der Waals surface area contributed by atoms with E-state index in [-0.39, 0.29) is 28.2 Å². The lowest BCUT2D eigenvalue weighted by molar-refractivity contribution is -0.118. The molecule has 1 atom stereocenters. The van der Waals surface area contributed by atoms with Crippen LogP contribution in [0.2, 0.25) is 5.02 Å². The maximum absolute atomic E-state index is 12.7. The predicted octanol–water partition coefficient (Wildman–Crippen LogP) is 4.41. The van der Waals surface area contributed by atoms with Crippen molar-refractivity contribution in [2.24, 2.45) is 0 Å². The molecule has 3 rings (SSSR count). The van der Waals surface area contributed by atoms with Crippen molar-refractivity contribution in [1.82, 2.24) is 4.72 Å². The lowest BCUT2D eigenvalue weighted by Crippen LogP contribution is -2.27. The van der Waals surface area contributed by atoms with E-state index in [1.807, 2.05) is 30.3 Å². The van der Waals surface area contributed by atoms with Crippen molar-refractivity contribution in [3.8, 4) is 11.5 Å². The summed E-state index contributed by atoms with van der Waals surface area (Å²) >= 11 is 6.20. The number of carbonyl (C=O) groups excluding carboxylic acids is 1. The molecule has 1 amide bonds. The van der Waals surface area contributed by atoms with Crippen molar-refractivity contribution >= 4 is 33.2 Å². The third-order valence-corrected chi connectivity index (χ3v) is 6.41. The molecule has 0 aromatic heterocycles. The second-order valence-corrected chi connectivity index (χ2v) is 9.03. The van der Waals surface area contributed by atoms with E-state index < -0.39 is 16.1 Å². The molecule has 32 heavy (non-hydrogen) atoms. The summed E-state index contributed by atoms with van der Waals surface area (Å²) in [6, 6.07) is 19.7. The van der Waals surface area contributed by atoms with Crippen molar-refractivity contribution in [2.45, 2.75) is 17.9 Å². The Balaban J connectivity index is 1.60. The average molecular weight is 475 g/mol. The molecular formula is C23H23ClN2O5S. The number of halogens is 1. The van der Waals surface area contributed by atoms with Gasteiger partial charge in [0.25, 0.3) is 5.91 Å². The Morgan fingerprint density at radius 3 is 2.34 bits per heavy atom. The van der Waals surface area contributed by atoms with E-state index in [0.717, 1.165) is 5.56 Å². The highest BCUT2D eigenvalue weighted by Gasteiger charge is 2.20. The monoisotopic (exact) mass is 474 g/mol. The molecule has 2 N–H and O–H groups in total. The number of sulfonamides is 1. The van der Waals surface area contributed by atoms with Crippen LogP contribution in [-0.2, 0) is 14.8 Å². The van der Waals surface area contributed by atoms with Crippen LogP contribution in [0.4, 0.5) is 5.69 Å². The largest absolute Gasteiger partial charge is 0.497 e. The van der Waals surface area contributed by atoms with E-state index in [0.29, 0.717) is 11.4 Å². The highest BCUT2D eigenvalue weighted by atomic mass is 35.5. The van der Waals surface area contributed by atoms with Crippen LogP contribution in [0.3, 0.4) is 0 Å². The van der Waals surface area contributed by atoms with Crippen LogP contribution in [0.5, 0.6) is 11.5 Å². The number of hydrogen-bond donors (Lipinski definition) is 2. The van der Waals surface area contributed by atoms with E-state index in [1.54, 1.807) is 38.3 Å². The smallest absolute Gasteiger partial charge is 0.262 e. The third kappa shape index (κ3) is 6.23. The molecule has 3 aromatic carbocycles. The summed E-state index contributed by atoms with van der Waals surface area (Å²) in [5.41, 5.74) is 1.43. The van der Waals surface area contributed by atoms with Crippen LogP contribution in [0.15, 0.2) is 77.7 Å². The standard InChI is InChI=1S/C23H23ClN2O5S/c1-16(17-6-4-3-5-7-17)26-32(28,29)20-12-13-22(21(24)14-20)31-15-23(27)25-18-8-10-19(30-2)11-9-18/h3-14,16,26H,15H2,1-2H3,(H,25,27). The molecule has 0 saturated carbocycles. The number of methoxy groups -OCH3 is 1. The molecule has 0 saturated heterocycles. The van der Waals surface area contributed by atoms with Gasteiger partial charge in [0.15, 0.2) is 6.61 Å². The molecule has 7 nitrogen and oxygen atoms in total. The minimum Gasteiger partial charge on any atom is -0.497 e. The Bertz CT molecular complexity index is 1170. The molecule has 0 aliphatic rings. The van der Waals surface area contributed by atoms with E-state index in [9.17, 15) is 13.2 Å². The minimum absolute atomic E-state index is 0.000292. The van der Waals surface area contributed by atoms with Gasteiger partial charge in [-0.3, -0.25) is 4.79 Å². The van der Waals surface area contributed by atoms with Crippen LogP contribution in [-0.4, -0.2) is 28.0 Å². The molecule has 0 heterocycles. The first-order valence-electron chi connectivity index (χ1n) is 9.72. The van der Waals surface area contributed by atoms with E-state index in [2.05, 4.69) is 10.0 Å². The lowest BCUT2D eigenvalue weighted by Gasteiger charge is -2.15. The molecule has 0 radical (unpaired) electrons. The van der Waals surface area contributed by atoms with Crippen LogP contribution >= 0.6 is 11.6 Å². The fraction of sp³-hybridized carbons (Fsp3) is 0.174. The SMILES string of the molecule is COc1ccc(NC(=O)COc2ccc(S(=O)(=O)NC(C)c3ccccc3)cc2Cl)cc1. The lowest BCUT2D eigenvalue weighted by atomic mass is 10.1. The molecule has 9 heteroatoms. The quantitative estimate of drug-likeness (QED) is 0.479. The molecule has 3 aromatic rings. The second kappa shape index (κ2) is 10.5. The van der Waals surface area contributed by atoms with Gasteiger partial charge in [0.1, 0.15) is 11.5 Å². The number of nitrogens with one attached hydrogen (secondary N) is 2. The number of benzene rings is 3. The topological polar surface area (TPSA) is 93.7 Å². The van der Waals surface area contributed by atoms with E-state index in [1.165, 1.54) is 18.2 Å². The summed E-state index contributed by atoms with van der Waals surface area (Å²) in [4.78, 5) is 12.1. The van der Waals surface area contributed by atoms with Crippen LogP contribution in [0.1, 0.15) is 18.5 Å². The number of hydrogen-bond acceptors (Lipinski definition) is 5. The van der Waals surface area contributed by atoms with Gasteiger partial charge >= 0.3 is 0 Å². The Kier molecular flexibility index (Phi) is 7.74. The summed E-state index contributed by atoms with van der Waals surface area (Å²) in [6.45, 7) is 1.47. The Hall–Kier alpha value is -3.07. The molecule has 0 spiro atoms. The minimum atomic E-state index is -3.80. The third-order valence-electron chi connectivity index (χ3n) is 4.58. The first-order valence-corrected chi connectivity index (χ1v) is 11.6. The van der Waals surface area contributed by atoms with Gasteiger partial charge in [-0.2, -0.15) is 0 Å². The van der Waals surface area contributed by atoms with Gasteiger partial charge in [-0.05, 0) is 55.0 Å². The highest BCUT2D eigenvalue weighted by Crippen LogP contribution is 2.28. The van der Waals surface area contributed by atoms with Crippen molar-refractivity contribution < 1.29 is 22.7 Å². The number of ether oxygens (including phenoxy) is 2. The van der Waals surface area contributed by atoms with Gasteiger partial charge < -0.3 is 14.8 Å². The second-order valence-electron chi connectivity index (χ2n) is 6.91. The predicted molar refractivity (Wildman–Crippen MR) is 124 cm³/mol. The van der Waals surface area contributed by atoms with Gasteiger partial charge in [-0.25, -0.2) is 13.1 Å². The maximum Gasteiger partial charge on any atom is 0.262 e. The van der Waals surface area contributed by atoms with Gasteiger partial charge in [-0.1, -0.05) is 41.9 Å². The normalized spacial score (nSPS) is 12.1. The Morgan fingerprint density at radius 2 is 1.72 bits per heavy atom. The maximum atomic E-state index is 12.7. The number of amides is 1. The summed E-state index contributed by atoms with van der Waals surface area (Å²) in [7, 11) is -2.25. The zero-order valence-corrected chi connectivity index (χ0v) is 19.1. The Morgan fingerprint density at radius 1 is 1.03 bits per heavy atom. The first kappa shape index (κ1) is 23.6. The molecule has 1 unspecified atom stereocenters. The first-order chi connectivity index (χ1) is 15.3. The van der Waals surface area contributed by atoms with Gasteiger partial charge in [0, 0.05) is 11.7 Å². The summed E-state index contributed by atoms with van der Waals surface area (Å²) in [6.07, 6.45) is 0. The summed E-state index contributed by atoms with van der Waals surface area (Å²) in [5.74, 6) is 0.488. The number of carbonyl (C=O) groups is 1. The molecule has 0 aliphatic carbocycles. The number of anilines is 1. The molecule has 0 aliphatic heterocycles. The Labute approximate surface area is 192 Å². The zero-order valence-electron chi connectivity index (χ0n) is 17.5. The molecular weight excluding hydrogens is 452 g/mol. The fourth-order valence-corrected chi connectivity index (χ4v) is 4.45. The van der Waals surface area contributed by atoms with Crippen LogP contribution < -0.4 is 19.5 Å². The summed E-state index contributed by atoms with van der Waals surface area (Å²) in [5, 5.41) is 2.77. The number of rotatable bonds is 9. The van der Waals surface area contributed by atoms with Gasteiger partial charge in [0.05, 0.1) is 17.0 Å². The van der Waals surface area contributed by atoms with Crippen molar-refractivity contribution in [1.29, 1.82) is 0 Å². The van der Waals surface area contributed by atoms with Crippen molar-refractivity contribution in [2.75, 3.05) is 19.0 Å².